The van der Waals surface area contributed by atoms with E-state index in [9.17, 15) is 9.59 Å². The number of fused-ring (bicyclic) bond motifs is 1. The molecular weight excluding hydrogens is 318 g/mol. The highest BCUT2D eigenvalue weighted by Crippen LogP contribution is 2.36. The molecule has 1 aliphatic heterocycles. The number of hydrogen-bond donors (Lipinski definition) is 3. The lowest BCUT2D eigenvalue weighted by atomic mass is 10.0. The Bertz CT molecular complexity index is 815. The molecule has 2 aromatic rings. The third kappa shape index (κ3) is 3.57. The topological polar surface area (TPSA) is 93.4 Å². The van der Waals surface area contributed by atoms with Gasteiger partial charge in [-0.05, 0) is 42.7 Å². The zero-order chi connectivity index (χ0) is 18.0. The van der Waals surface area contributed by atoms with Crippen molar-refractivity contribution in [3.05, 3.63) is 64.2 Å². The Morgan fingerprint density at radius 2 is 1.88 bits per heavy atom. The number of hydrogen-bond acceptors (Lipinski definition) is 3. The Balaban J connectivity index is 1.68. The standard InChI is InChI=1S/C19H21N3O3/c1-11-3-8-15-16(10-25-17(15)12(11)2)22-18(23)14-6-4-13(5-7-14)9-21-19(20)24/h3-8,16H,9-10H2,1-2H3,(H,22,23)(H3,20,21,24). The molecule has 0 radical (unpaired) electrons. The maximum atomic E-state index is 12.5. The van der Waals surface area contributed by atoms with Crippen molar-refractivity contribution in [3.8, 4) is 5.75 Å². The van der Waals surface area contributed by atoms with Gasteiger partial charge in [-0.3, -0.25) is 4.79 Å². The minimum atomic E-state index is -0.577. The molecule has 2 aromatic carbocycles. The first-order chi connectivity index (χ1) is 12.0. The van der Waals surface area contributed by atoms with Gasteiger partial charge in [0.1, 0.15) is 12.4 Å². The van der Waals surface area contributed by atoms with E-state index in [1.807, 2.05) is 26.0 Å². The quantitative estimate of drug-likeness (QED) is 0.798. The van der Waals surface area contributed by atoms with Crippen LogP contribution in [0.15, 0.2) is 36.4 Å². The summed E-state index contributed by atoms with van der Waals surface area (Å²) in [4.78, 5) is 23.2. The Labute approximate surface area is 146 Å². The van der Waals surface area contributed by atoms with Crippen molar-refractivity contribution in [1.82, 2.24) is 10.6 Å². The summed E-state index contributed by atoms with van der Waals surface area (Å²) in [5, 5.41) is 5.53. The largest absolute Gasteiger partial charge is 0.490 e. The summed E-state index contributed by atoms with van der Waals surface area (Å²) in [6, 6.07) is 10.4. The van der Waals surface area contributed by atoms with Crippen LogP contribution in [0.2, 0.25) is 0 Å². The maximum Gasteiger partial charge on any atom is 0.312 e. The van der Waals surface area contributed by atoms with Gasteiger partial charge in [0.05, 0.1) is 6.04 Å². The number of primary amides is 1. The second-order valence-corrected chi connectivity index (χ2v) is 6.18. The molecule has 3 rings (SSSR count). The molecule has 4 N–H and O–H groups in total. The molecule has 0 spiro atoms. The van der Waals surface area contributed by atoms with E-state index in [2.05, 4.69) is 10.6 Å². The summed E-state index contributed by atoms with van der Waals surface area (Å²) < 4.78 is 5.77. The number of carbonyl (C=O) groups excluding carboxylic acids is 2. The highest BCUT2D eigenvalue weighted by Gasteiger charge is 2.27. The van der Waals surface area contributed by atoms with Gasteiger partial charge < -0.3 is 21.1 Å². The number of benzene rings is 2. The van der Waals surface area contributed by atoms with Crippen LogP contribution in [0.1, 0.15) is 38.7 Å². The third-order valence-corrected chi connectivity index (χ3v) is 4.47. The van der Waals surface area contributed by atoms with Gasteiger partial charge in [0.2, 0.25) is 0 Å². The molecular formula is C19H21N3O3. The van der Waals surface area contributed by atoms with E-state index < -0.39 is 6.03 Å². The van der Waals surface area contributed by atoms with Crippen molar-refractivity contribution in [3.63, 3.8) is 0 Å². The van der Waals surface area contributed by atoms with Gasteiger partial charge in [-0.15, -0.1) is 0 Å². The molecule has 3 amide bonds. The fraction of sp³-hybridized carbons (Fsp3) is 0.263. The van der Waals surface area contributed by atoms with E-state index >= 15 is 0 Å². The maximum absolute atomic E-state index is 12.5. The van der Waals surface area contributed by atoms with Crippen molar-refractivity contribution in [2.75, 3.05) is 6.61 Å². The normalized spacial score (nSPS) is 15.2. The molecule has 0 bridgehead atoms. The van der Waals surface area contributed by atoms with Crippen LogP contribution in [0.3, 0.4) is 0 Å². The van der Waals surface area contributed by atoms with Crippen LogP contribution in [-0.2, 0) is 6.54 Å². The minimum absolute atomic E-state index is 0.155. The van der Waals surface area contributed by atoms with Crippen molar-refractivity contribution in [2.24, 2.45) is 5.73 Å². The highest BCUT2D eigenvalue weighted by molar-refractivity contribution is 5.94. The Morgan fingerprint density at radius 1 is 1.16 bits per heavy atom. The second kappa shape index (κ2) is 6.84. The first kappa shape index (κ1) is 16.8. The monoisotopic (exact) mass is 339 g/mol. The first-order valence-corrected chi connectivity index (χ1v) is 8.11. The number of urea groups is 1. The van der Waals surface area contributed by atoms with Gasteiger partial charge in [-0.1, -0.05) is 24.3 Å². The zero-order valence-electron chi connectivity index (χ0n) is 14.3. The SMILES string of the molecule is Cc1ccc2c(c1C)OCC2NC(=O)c1ccc(CNC(N)=O)cc1. The fourth-order valence-electron chi connectivity index (χ4n) is 2.86. The number of aryl methyl sites for hydroxylation is 1. The molecule has 1 aliphatic rings. The molecule has 130 valence electrons. The predicted molar refractivity (Wildman–Crippen MR) is 94.5 cm³/mol. The Hall–Kier alpha value is -3.02. The fourth-order valence-corrected chi connectivity index (χ4v) is 2.86. The van der Waals surface area contributed by atoms with E-state index in [4.69, 9.17) is 10.5 Å². The van der Waals surface area contributed by atoms with Crippen molar-refractivity contribution in [2.45, 2.75) is 26.4 Å². The van der Waals surface area contributed by atoms with Gasteiger partial charge in [0.25, 0.3) is 5.91 Å². The third-order valence-electron chi connectivity index (χ3n) is 4.47. The summed E-state index contributed by atoms with van der Waals surface area (Å²) in [6.45, 7) is 4.84. The van der Waals surface area contributed by atoms with Crippen molar-refractivity contribution >= 4 is 11.9 Å². The van der Waals surface area contributed by atoms with Crippen molar-refractivity contribution < 1.29 is 14.3 Å². The van der Waals surface area contributed by atoms with E-state index in [0.29, 0.717) is 18.7 Å². The number of amides is 3. The number of nitrogens with two attached hydrogens (primary N) is 1. The van der Waals surface area contributed by atoms with Gasteiger partial charge in [-0.2, -0.15) is 0 Å². The van der Waals surface area contributed by atoms with Crippen LogP contribution in [0.25, 0.3) is 0 Å². The molecule has 0 aliphatic carbocycles. The van der Waals surface area contributed by atoms with E-state index in [1.165, 1.54) is 5.56 Å². The Kier molecular flexibility index (Phi) is 4.61. The number of ether oxygens (including phenoxy) is 1. The number of rotatable bonds is 4. The summed E-state index contributed by atoms with van der Waals surface area (Å²) in [7, 11) is 0. The van der Waals surface area contributed by atoms with Gasteiger partial charge >= 0.3 is 6.03 Å². The van der Waals surface area contributed by atoms with Gasteiger partial charge in [0, 0.05) is 17.7 Å². The van der Waals surface area contributed by atoms with E-state index in [-0.39, 0.29) is 11.9 Å². The van der Waals surface area contributed by atoms with Crippen LogP contribution < -0.4 is 21.1 Å². The molecule has 0 saturated carbocycles. The molecule has 0 fully saturated rings. The van der Waals surface area contributed by atoms with Crippen molar-refractivity contribution in [1.29, 1.82) is 0 Å². The highest BCUT2D eigenvalue weighted by atomic mass is 16.5. The second-order valence-electron chi connectivity index (χ2n) is 6.18. The van der Waals surface area contributed by atoms with Gasteiger partial charge in [-0.25, -0.2) is 4.79 Å². The van der Waals surface area contributed by atoms with Crippen LogP contribution in [0.4, 0.5) is 4.79 Å². The van der Waals surface area contributed by atoms with Crippen LogP contribution in [0, 0.1) is 13.8 Å². The minimum Gasteiger partial charge on any atom is -0.490 e. The Morgan fingerprint density at radius 3 is 2.56 bits per heavy atom. The summed E-state index contributed by atoms with van der Waals surface area (Å²) in [5.74, 6) is 0.715. The lowest BCUT2D eigenvalue weighted by Gasteiger charge is -2.13. The average molecular weight is 339 g/mol. The molecule has 6 heteroatoms. The van der Waals surface area contributed by atoms with E-state index in [0.717, 1.165) is 22.4 Å². The van der Waals surface area contributed by atoms with Crippen LogP contribution in [-0.4, -0.2) is 18.5 Å². The first-order valence-electron chi connectivity index (χ1n) is 8.11. The molecule has 1 unspecified atom stereocenters. The summed E-state index contributed by atoms with van der Waals surface area (Å²) >= 11 is 0. The molecule has 0 aromatic heterocycles. The number of nitrogens with one attached hydrogen (secondary N) is 2. The van der Waals surface area contributed by atoms with Gasteiger partial charge in [0.15, 0.2) is 0 Å². The average Bonchev–Trinajstić information content (AvgIpc) is 3.00. The molecule has 6 nitrogen and oxygen atoms in total. The predicted octanol–water partition coefficient (Wildman–Crippen LogP) is 2.34. The lowest BCUT2D eigenvalue weighted by Crippen LogP contribution is -2.30. The summed E-state index contributed by atoms with van der Waals surface area (Å²) in [6.07, 6.45) is 0. The molecule has 25 heavy (non-hydrogen) atoms. The van der Waals surface area contributed by atoms with Crippen LogP contribution in [0.5, 0.6) is 5.75 Å². The van der Waals surface area contributed by atoms with Crippen LogP contribution >= 0.6 is 0 Å². The van der Waals surface area contributed by atoms with E-state index in [1.54, 1.807) is 24.3 Å². The number of carbonyl (C=O) groups is 2. The molecule has 1 atom stereocenters. The zero-order valence-corrected chi connectivity index (χ0v) is 14.3. The smallest absolute Gasteiger partial charge is 0.312 e. The molecule has 0 saturated heterocycles. The lowest BCUT2D eigenvalue weighted by molar-refractivity contribution is 0.0930. The molecule has 1 heterocycles. The summed E-state index contributed by atoms with van der Waals surface area (Å²) in [5.41, 5.74) is 9.77.